The van der Waals surface area contributed by atoms with Crippen molar-refractivity contribution in [1.29, 1.82) is 0 Å². The molecule has 0 aliphatic carbocycles. The van der Waals surface area contributed by atoms with Crippen molar-refractivity contribution in [2.75, 3.05) is 45.8 Å². The summed E-state index contributed by atoms with van der Waals surface area (Å²) in [7, 11) is 0. The Balaban J connectivity index is 1.45. The van der Waals surface area contributed by atoms with E-state index in [9.17, 15) is 4.79 Å². The number of hydrogen-bond donors (Lipinski definition) is 1. The van der Waals surface area contributed by atoms with Crippen LogP contribution in [-0.4, -0.2) is 61.5 Å². The molecule has 0 spiro atoms. The number of rotatable bonds is 3. The van der Waals surface area contributed by atoms with E-state index in [1.807, 2.05) is 4.90 Å². The lowest BCUT2D eigenvalue weighted by Crippen LogP contribution is -2.50. The summed E-state index contributed by atoms with van der Waals surface area (Å²) in [6.45, 7) is 7.08. The van der Waals surface area contributed by atoms with Gasteiger partial charge in [0.1, 0.15) is 0 Å². The van der Waals surface area contributed by atoms with Gasteiger partial charge < -0.3 is 14.6 Å². The average Bonchev–Trinajstić information content (AvgIpc) is 3.03. The molecule has 0 unspecified atom stereocenters. The van der Waals surface area contributed by atoms with Crippen molar-refractivity contribution in [2.45, 2.75) is 12.8 Å². The summed E-state index contributed by atoms with van der Waals surface area (Å²) in [5.74, 6) is 1.30. The van der Waals surface area contributed by atoms with Crippen LogP contribution in [0.5, 0.6) is 0 Å². The number of nitrogens with zero attached hydrogens (tertiary/aromatic N) is 2. The van der Waals surface area contributed by atoms with E-state index >= 15 is 0 Å². The standard InChI is InChI=1S/C15H23N3O2/c19-15(14-2-1-11-20-14)18-9-7-17(8-10-18)12-13-3-5-16-6-4-13/h1-2,11,13,16H,3-10,12H2. The molecule has 1 aromatic rings. The van der Waals surface area contributed by atoms with Gasteiger partial charge in [-0.05, 0) is 44.0 Å². The molecule has 5 heteroatoms. The molecule has 0 aromatic carbocycles. The van der Waals surface area contributed by atoms with Crippen LogP contribution in [0, 0.1) is 5.92 Å². The number of furan rings is 1. The maximum atomic E-state index is 12.2. The Bertz CT molecular complexity index is 418. The van der Waals surface area contributed by atoms with Crippen LogP contribution in [0.3, 0.4) is 0 Å². The van der Waals surface area contributed by atoms with Crippen molar-refractivity contribution in [2.24, 2.45) is 5.92 Å². The second kappa shape index (κ2) is 6.41. The number of hydrogen-bond acceptors (Lipinski definition) is 4. The Morgan fingerprint density at radius 2 is 2.00 bits per heavy atom. The molecule has 110 valence electrons. The lowest BCUT2D eigenvalue weighted by molar-refractivity contribution is 0.0579. The molecule has 20 heavy (non-hydrogen) atoms. The summed E-state index contributed by atoms with van der Waals surface area (Å²) in [6.07, 6.45) is 4.12. The van der Waals surface area contributed by atoms with Crippen LogP contribution in [0.4, 0.5) is 0 Å². The van der Waals surface area contributed by atoms with Crippen LogP contribution >= 0.6 is 0 Å². The van der Waals surface area contributed by atoms with E-state index in [1.165, 1.54) is 19.4 Å². The monoisotopic (exact) mass is 277 g/mol. The van der Waals surface area contributed by atoms with Crippen molar-refractivity contribution in [3.63, 3.8) is 0 Å². The maximum absolute atomic E-state index is 12.2. The fraction of sp³-hybridized carbons (Fsp3) is 0.667. The number of nitrogens with one attached hydrogen (secondary N) is 1. The van der Waals surface area contributed by atoms with E-state index in [0.29, 0.717) is 5.76 Å². The molecular weight excluding hydrogens is 254 g/mol. The van der Waals surface area contributed by atoms with Crippen LogP contribution < -0.4 is 5.32 Å². The van der Waals surface area contributed by atoms with E-state index in [0.717, 1.165) is 45.2 Å². The Morgan fingerprint density at radius 1 is 1.25 bits per heavy atom. The Morgan fingerprint density at radius 3 is 2.65 bits per heavy atom. The largest absolute Gasteiger partial charge is 0.459 e. The highest BCUT2D eigenvalue weighted by Gasteiger charge is 2.25. The van der Waals surface area contributed by atoms with Crippen LogP contribution in [0.15, 0.2) is 22.8 Å². The van der Waals surface area contributed by atoms with Gasteiger partial charge in [-0.2, -0.15) is 0 Å². The minimum atomic E-state index is 0.0246. The molecule has 1 aromatic heterocycles. The van der Waals surface area contributed by atoms with Gasteiger partial charge in [-0.3, -0.25) is 9.69 Å². The Hall–Kier alpha value is -1.33. The number of carbonyl (C=O) groups is 1. The lowest BCUT2D eigenvalue weighted by atomic mass is 9.97. The third-order valence-electron chi connectivity index (χ3n) is 4.37. The number of carbonyl (C=O) groups excluding carboxylic acids is 1. The molecule has 0 bridgehead atoms. The van der Waals surface area contributed by atoms with Gasteiger partial charge in [0.05, 0.1) is 6.26 Å². The van der Waals surface area contributed by atoms with Crippen molar-refractivity contribution < 1.29 is 9.21 Å². The van der Waals surface area contributed by atoms with Crippen molar-refractivity contribution >= 4 is 5.91 Å². The molecular formula is C15H23N3O2. The highest BCUT2D eigenvalue weighted by atomic mass is 16.3. The van der Waals surface area contributed by atoms with Gasteiger partial charge in [-0.15, -0.1) is 0 Å². The first-order valence-electron chi connectivity index (χ1n) is 7.59. The highest BCUT2D eigenvalue weighted by Crippen LogP contribution is 2.15. The highest BCUT2D eigenvalue weighted by molar-refractivity contribution is 5.91. The smallest absolute Gasteiger partial charge is 0.289 e. The molecule has 1 N–H and O–H groups in total. The molecule has 0 radical (unpaired) electrons. The number of amides is 1. The summed E-state index contributed by atoms with van der Waals surface area (Å²) in [4.78, 5) is 16.6. The molecule has 0 saturated carbocycles. The summed E-state index contributed by atoms with van der Waals surface area (Å²) >= 11 is 0. The fourth-order valence-electron chi connectivity index (χ4n) is 3.12. The molecule has 3 rings (SSSR count). The molecule has 2 aliphatic rings. The zero-order valence-corrected chi connectivity index (χ0v) is 11.9. The van der Waals surface area contributed by atoms with Crippen LogP contribution in [0.25, 0.3) is 0 Å². The van der Waals surface area contributed by atoms with Crippen molar-refractivity contribution in [3.8, 4) is 0 Å². The van der Waals surface area contributed by atoms with Gasteiger partial charge in [-0.25, -0.2) is 0 Å². The molecule has 2 saturated heterocycles. The molecule has 5 nitrogen and oxygen atoms in total. The molecule has 3 heterocycles. The van der Waals surface area contributed by atoms with Crippen LogP contribution in [0.1, 0.15) is 23.4 Å². The van der Waals surface area contributed by atoms with Crippen molar-refractivity contribution in [3.05, 3.63) is 24.2 Å². The minimum Gasteiger partial charge on any atom is -0.459 e. The van der Waals surface area contributed by atoms with E-state index in [-0.39, 0.29) is 5.91 Å². The fourth-order valence-corrected chi connectivity index (χ4v) is 3.12. The third kappa shape index (κ3) is 3.22. The Labute approximate surface area is 119 Å². The quantitative estimate of drug-likeness (QED) is 0.897. The predicted octanol–water partition coefficient (Wildman–Crippen LogP) is 1.04. The summed E-state index contributed by atoms with van der Waals surface area (Å²) in [5.41, 5.74) is 0. The molecule has 0 atom stereocenters. The van der Waals surface area contributed by atoms with Gasteiger partial charge in [-0.1, -0.05) is 0 Å². The summed E-state index contributed by atoms with van der Waals surface area (Å²) < 4.78 is 5.19. The number of piperidine rings is 1. The SMILES string of the molecule is O=C(c1ccco1)N1CCN(CC2CCNCC2)CC1. The topological polar surface area (TPSA) is 48.7 Å². The average molecular weight is 277 g/mol. The van der Waals surface area contributed by atoms with Gasteiger partial charge in [0.15, 0.2) is 5.76 Å². The van der Waals surface area contributed by atoms with Gasteiger partial charge in [0, 0.05) is 32.7 Å². The minimum absolute atomic E-state index is 0.0246. The Kier molecular flexibility index (Phi) is 4.38. The van der Waals surface area contributed by atoms with E-state index in [1.54, 1.807) is 18.4 Å². The first kappa shape index (κ1) is 13.6. The summed E-state index contributed by atoms with van der Waals surface area (Å²) in [5, 5.41) is 3.41. The first-order chi connectivity index (χ1) is 9.83. The zero-order chi connectivity index (χ0) is 13.8. The normalized spacial score (nSPS) is 22.1. The number of piperazine rings is 1. The second-order valence-corrected chi connectivity index (χ2v) is 5.76. The lowest BCUT2D eigenvalue weighted by Gasteiger charge is -2.37. The van der Waals surface area contributed by atoms with Gasteiger partial charge in [0.2, 0.25) is 0 Å². The molecule has 2 aliphatic heterocycles. The second-order valence-electron chi connectivity index (χ2n) is 5.76. The predicted molar refractivity (Wildman–Crippen MR) is 76.6 cm³/mol. The van der Waals surface area contributed by atoms with E-state index in [2.05, 4.69) is 10.2 Å². The van der Waals surface area contributed by atoms with E-state index < -0.39 is 0 Å². The molecule has 2 fully saturated rings. The van der Waals surface area contributed by atoms with Gasteiger partial charge in [0.25, 0.3) is 5.91 Å². The van der Waals surface area contributed by atoms with E-state index in [4.69, 9.17) is 4.42 Å². The third-order valence-corrected chi connectivity index (χ3v) is 4.37. The summed E-state index contributed by atoms with van der Waals surface area (Å²) in [6, 6.07) is 3.50. The zero-order valence-electron chi connectivity index (χ0n) is 11.9. The van der Waals surface area contributed by atoms with Crippen molar-refractivity contribution in [1.82, 2.24) is 15.1 Å². The molecule has 1 amide bonds. The van der Waals surface area contributed by atoms with Crippen LogP contribution in [0.2, 0.25) is 0 Å². The van der Waals surface area contributed by atoms with Gasteiger partial charge >= 0.3 is 0 Å². The maximum Gasteiger partial charge on any atom is 0.289 e. The first-order valence-corrected chi connectivity index (χ1v) is 7.59. The van der Waals surface area contributed by atoms with Crippen LogP contribution in [-0.2, 0) is 0 Å².